The molecule has 0 aliphatic heterocycles. The third-order valence-electron chi connectivity index (χ3n) is 4.55. The highest BCUT2D eigenvalue weighted by Gasteiger charge is 2.20. The van der Waals surface area contributed by atoms with Crippen LogP contribution in [0.4, 0.5) is 0 Å². The van der Waals surface area contributed by atoms with E-state index in [-0.39, 0.29) is 11.5 Å². The second-order valence-corrected chi connectivity index (χ2v) is 6.49. The highest BCUT2D eigenvalue weighted by molar-refractivity contribution is 6.04. The molecule has 8 heteroatoms. The molecule has 0 saturated carbocycles. The normalized spacial score (nSPS) is 10.7. The van der Waals surface area contributed by atoms with Crippen LogP contribution in [0.1, 0.15) is 44.6 Å². The fourth-order valence-corrected chi connectivity index (χ4v) is 3.15. The average molecular weight is 415 g/mol. The Hall–Kier alpha value is -3.55. The number of nitrogens with one attached hydrogen (secondary N) is 1. The molecule has 160 valence electrons. The molecule has 0 bridgehead atoms. The number of aryl methyl sites for hydroxylation is 1. The number of hydrogen-bond donors (Lipinski definition) is 1. The van der Waals surface area contributed by atoms with Crippen LogP contribution in [0.5, 0.6) is 17.2 Å². The molecule has 0 amide bonds. The van der Waals surface area contributed by atoms with Crippen molar-refractivity contribution >= 4 is 23.6 Å². The summed E-state index contributed by atoms with van der Waals surface area (Å²) in [4.78, 5) is 39.1. The number of benzene rings is 1. The van der Waals surface area contributed by atoms with E-state index in [1.54, 1.807) is 26.0 Å². The Morgan fingerprint density at radius 2 is 1.57 bits per heavy atom. The Bertz CT molecular complexity index is 1000. The lowest BCUT2D eigenvalue weighted by Gasteiger charge is -2.12. The molecular formula is C22H25NO7. The molecule has 0 aliphatic carbocycles. The van der Waals surface area contributed by atoms with Gasteiger partial charge in [0.2, 0.25) is 5.78 Å². The lowest BCUT2D eigenvalue weighted by atomic mass is 10.1. The number of ether oxygens (including phenoxy) is 4. The van der Waals surface area contributed by atoms with Crippen molar-refractivity contribution in [3.63, 3.8) is 0 Å². The third-order valence-corrected chi connectivity index (χ3v) is 4.55. The molecule has 0 saturated heterocycles. The lowest BCUT2D eigenvalue weighted by molar-refractivity contribution is -0.136. The van der Waals surface area contributed by atoms with Crippen molar-refractivity contribution in [1.82, 2.24) is 4.98 Å². The van der Waals surface area contributed by atoms with Gasteiger partial charge in [-0.15, -0.1) is 0 Å². The number of aromatic amines is 1. The molecule has 2 aromatic rings. The number of rotatable bonds is 9. The maximum Gasteiger partial charge on any atom is 0.331 e. The van der Waals surface area contributed by atoms with Gasteiger partial charge in [-0.2, -0.15) is 0 Å². The maximum absolute atomic E-state index is 12.4. The van der Waals surface area contributed by atoms with E-state index in [1.165, 1.54) is 40.4 Å². The first-order valence-corrected chi connectivity index (χ1v) is 9.11. The van der Waals surface area contributed by atoms with Crippen LogP contribution in [-0.4, -0.2) is 50.5 Å². The summed E-state index contributed by atoms with van der Waals surface area (Å²) in [6.45, 7) is 4.37. The summed E-state index contributed by atoms with van der Waals surface area (Å²) in [5.74, 6) is 0.175. The van der Waals surface area contributed by atoms with Gasteiger partial charge in [0.15, 0.2) is 23.9 Å². The first-order chi connectivity index (χ1) is 14.2. The summed E-state index contributed by atoms with van der Waals surface area (Å²) < 4.78 is 20.8. The van der Waals surface area contributed by atoms with E-state index in [0.29, 0.717) is 39.6 Å². The van der Waals surface area contributed by atoms with Crippen LogP contribution in [0.3, 0.4) is 0 Å². The summed E-state index contributed by atoms with van der Waals surface area (Å²) in [6, 6.07) is 3.29. The number of hydrogen-bond acceptors (Lipinski definition) is 7. The molecule has 0 aliphatic rings. The highest BCUT2D eigenvalue weighted by Crippen LogP contribution is 2.35. The van der Waals surface area contributed by atoms with Crippen molar-refractivity contribution in [2.75, 3.05) is 27.9 Å². The molecule has 1 heterocycles. The molecule has 1 aromatic carbocycles. The molecule has 8 nitrogen and oxygen atoms in total. The standard InChI is InChI=1S/C22H25NO7/c1-12-21(14(3)24)13(2)23-22(12)16(25)11-30-20(26)8-7-15-9-18(28-5)19(29-6)10-17(15)27-4/h7-10,23H,11H2,1-6H3/b8-7+. The number of ketones is 2. The largest absolute Gasteiger partial charge is 0.496 e. The van der Waals surface area contributed by atoms with E-state index in [0.717, 1.165) is 0 Å². The first kappa shape index (κ1) is 22.7. The van der Waals surface area contributed by atoms with Gasteiger partial charge in [0.25, 0.3) is 0 Å². The summed E-state index contributed by atoms with van der Waals surface area (Å²) >= 11 is 0. The first-order valence-electron chi connectivity index (χ1n) is 9.11. The van der Waals surface area contributed by atoms with Crippen LogP contribution in [0.25, 0.3) is 6.08 Å². The minimum atomic E-state index is -0.701. The maximum atomic E-state index is 12.4. The Morgan fingerprint density at radius 1 is 0.967 bits per heavy atom. The van der Waals surface area contributed by atoms with Gasteiger partial charge in [-0.05, 0) is 38.5 Å². The number of methoxy groups -OCH3 is 3. The van der Waals surface area contributed by atoms with Crippen molar-refractivity contribution in [2.45, 2.75) is 20.8 Å². The van der Waals surface area contributed by atoms with E-state index in [2.05, 4.69) is 4.98 Å². The quantitative estimate of drug-likeness (QED) is 0.381. The number of carbonyl (C=O) groups is 3. The monoisotopic (exact) mass is 415 g/mol. The van der Waals surface area contributed by atoms with E-state index < -0.39 is 18.4 Å². The van der Waals surface area contributed by atoms with E-state index >= 15 is 0 Å². The topological polar surface area (TPSA) is 104 Å². The summed E-state index contributed by atoms with van der Waals surface area (Å²) in [7, 11) is 4.50. The Balaban J connectivity index is 2.10. The number of esters is 1. The zero-order chi connectivity index (χ0) is 22.4. The van der Waals surface area contributed by atoms with E-state index in [4.69, 9.17) is 18.9 Å². The minimum Gasteiger partial charge on any atom is -0.496 e. The molecule has 0 radical (unpaired) electrons. The zero-order valence-electron chi connectivity index (χ0n) is 17.9. The van der Waals surface area contributed by atoms with Crippen molar-refractivity contribution in [3.8, 4) is 17.2 Å². The predicted octanol–water partition coefficient (Wildman–Crippen LogP) is 3.30. The lowest BCUT2D eigenvalue weighted by Crippen LogP contribution is -2.14. The second-order valence-electron chi connectivity index (χ2n) is 6.49. The Morgan fingerprint density at radius 3 is 2.10 bits per heavy atom. The van der Waals surface area contributed by atoms with Crippen molar-refractivity contribution in [1.29, 1.82) is 0 Å². The molecular weight excluding hydrogens is 390 g/mol. The molecule has 0 fully saturated rings. The number of carbonyl (C=O) groups excluding carboxylic acids is 3. The number of H-pyrrole nitrogens is 1. The van der Waals surface area contributed by atoms with Gasteiger partial charge in [0, 0.05) is 29.0 Å². The fraction of sp³-hybridized carbons (Fsp3) is 0.318. The summed E-state index contributed by atoms with van der Waals surface area (Å²) in [5.41, 5.74) is 2.46. The van der Waals surface area contributed by atoms with Gasteiger partial charge < -0.3 is 23.9 Å². The molecule has 2 rings (SSSR count). The Labute approximate surface area is 174 Å². The van der Waals surface area contributed by atoms with Gasteiger partial charge in [-0.1, -0.05) is 0 Å². The number of Topliss-reactive ketones (excluding diaryl/α,β-unsaturated/α-hetero) is 2. The van der Waals surface area contributed by atoms with Gasteiger partial charge in [-0.3, -0.25) is 9.59 Å². The molecule has 1 aromatic heterocycles. The van der Waals surface area contributed by atoms with Crippen LogP contribution in [0, 0.1) is 13.8 Å². The van der Waals surface area contributed by atoms with Crippen molar-refractivity contribution in [3.05, 3.63) is 46.3 Å². The molecule has 30 heavy (non-hydrogen) atoms. The summed E-state index contributed by atoms with van der Waals surface area (Å²) in [5, 5.41) is 0. The second kappa shape index (κ2) is 9.78. The van der Waals surface area contributed by atoms with E-state index in [9.17, 15) is 14.4 Å². The van der Waals surface area contributed by atoms with E-state index in [1.807, 2.05) is 0 Å². The van der Waals surface area contributed by atoms with Crippen molar-refractivity contribution < 1.29 is 33.3 Å². The van der Waals surface area contributed by atoms with Gasteiger partial charge in [-0.25, -0.2) is 4.79 Å². The van der Waals surface area contributed by atoms with Crippen LogP contribution in [0.2, 0.25) is 0 Å². The molecule has 0 unspecified atom stereocenters. The molecule has 0 atom stereocenters. The van der Waals surface area contributed by atoms with Crippen LogP contribution in [0.15, 0.2) is 18.2 Å². The van der Waals surface area contributed by atoms with Crippen LogP contribution < -0.4 is 14.2 Å². The smallest absolute Gasteiger partial charge is 0.331 e. The SMILES string of the molecule is COc1cc(OC)c(OC)cc1/C=C/C(=O)OCC(=O)c1[nH]c(C)c(C(C)=O)c1C. The number of aromatic nitrogens is 1. The van der Waals surface area contributed by atoms with Gasteiger partial charge >= 0.3 is 5.97 Å². The minimum absolute atomic E-state index is 0.135. The fourth-order valence-electron chi connectivity index (χ4n) is 3.15. The zero-order valence-corrected chi connectivity index (χ0v) is 17.9. The summed E-state index contributed by atoms with van der Waals surface area (Å²) in [6.07, 6.45) is 2.68. The van der Waals surface area contributed by atoms with Gasteiger partial charge in [0.1, 0.15) is 5.75 Å². The molecule has 1 N–H and O–H groups in total. The average Bonchev–Trinajstić information content (AvgIpc) is 3.03. The van der Waals surface area contributed by atoms with Crippen molar-refractivity contribution in [2.24, 2.45) is 0 Å². The predicted molar refractivity (Wildman–Crippen MR) is 111 cm³/mol. The van der Waals surface area contributed by atoms with Crippen LogP contribution >= 0.6 is 0 Å². The highest BCUT2D eigenvalue weighted by atomic mass is 16.5. The van der Waals surface area contributed by atoms with Crippen LogP contribution in [-0.2, 0) is 9.53 Å². The Kier molecular flexibility index (Phi) is 7.41. The molecule has 0 spiro atoms. The third kappa shape index (κ3) is 4.89. The van der Waals surface area contributed by atoms with Gasteiger partial charge in [0.05, 0.1) is 27.0 Å².